The molecule has 4 rings (SSSR count). The predicted octanol–water partition coefficient (Wildman–Crippen LogP) is 1.74. The summed E-state index contributed by atoms with van der Waals surface area (Å²) in [6.45, 7) is 4.46. The maximum absolute atomic E-state index is 6.22. The van der Waals surface area contributed by atoms with Crippen LogP contribution in [-0.2, 0) is 0 Å². The second-order valence-corrected chi connectivity index (χ2v) is 7.49. The minimum absolute atomic E-state index is 0.715. The van der Waals surface area contributed by atoms with Crippen LogP contribution in [0.15, 0.2) is 23.5 Å². The molecule has 3 aliphatic rings. The zero-order valence-electron chi connectivity index (χ0n) is 14.3. The Balaban J connectivity index is 1.23. The van der Waals surface area contributed by atoms with Gasteiger partial charge >= 0.3 is 0 Å². The Morgan fingerprint density at radius 3 is 2.58 bits per heavy atom. The monoisotopic (exact) mass is 328 g/mol. The maximum atomic E-state index is 6.22. The van der Waals surface area contributed by atoms with E-state index in [4.69, 9.17) is 5.73 Å². The third-order valence-electron chi connectivity index (χ3n) is 6.10. The third-order valence-corrected chi connectivity index (χ3v) is 6.10. The predicted molar refractivity (Wildman–Crippen MR) is 95.9 cm³/mol. The van der Waals surface area contributed by atoms with Crippen LogP contribution in [0.5, 0.6) is 0 Å². The molecule has 3 atom stereocenters. The fraction of sp³-hybridized carbons (Fsp3) is 0.722. The molecule has 0 amide bonds. The summed E-state index contributed by atoms with van der Waals surface area (Å²) in [6, 6.07) is 1.85. The SMILES string of the molecule is NC(=NCCC1CC2CCC1C2)N1CCN(c2ncccn2)CC1. The molecule has 3 unspecified atom stereocenters. The van der Waals surface area contributed by atoms with Gasteiger partial charge in [-0.2, -0.15) is 0 Å². The highest BCUT2D eigenvalue weighted by atomic mass is 15.3. The van der Waals surface area contributed by atoms with Crippen LogP contribution in [0.4, 0.5) is 5.95 Å². The molecule has 1 aromatic rings. The second-order valence-electron chi connectivity index (χ2n) is 7.49. The van der Waals surface area contributed by atoms with E-state index in [2.05, 4.69) is 24.8 Å². The van der Waals surface area contributed by atoms with Crippen molar-refractivity contribution in [2.24, 2.45) is 28.5 Å². The molecule has 0 spiro atoms. The van der Waals surface area contributed by atoms with Crippen LogP contribution in [0.3, 0.4) is 0 Å². The van der Waals surface area contributed by atoms with E-state index in [-0.39, 0.29) is 0 Å². The van der Waals surface area contributed by atoms with Crippen LogP contribution in [0.1, 0.15) is 32.1 Å². The normalized spacial score (nSPS) is 30.2. The minimum Gasteiger partial charge on any atom is -0.370 e. The fourth-order valence-electron chi connectivity index (χ4n) is 4.77. The molecule has 1 saturated heterocycles. The lowest BCUT2D eigenvalue weighted by Crippen LogP contribution is -2.51. The lowest BCUT2D eigenvalue weighted by Gasteiger charge is -2.35. The molecule has 24 heavy (non-hydrogen) atoms. The maximum Gasteiger partial charge on any atom is 0.225 e. The van der Waals surface area contributed by atoms with Gasteiger partial charge < -0.3 is 15.5 Å². The Kier molecular flexibility index (Phi) is 4.54. The zero-order valence-corrected chi connectivity index (χ0v) is 14.3. The number of hydrogen-bond donors (Lipinski definition) is 1. The van der Waals surface area contributed by atoms with Gasteiger partial charge in [0, 0.05) is 45.1 Å². The fourth-order valence-corrected chi connectivity index (χ4v) is 4.77. The van der Waals surface area contributed by atoms with Gasteiger partial charge in [-0.1, -0.05) is 6.42 Å². The Hall–Kier alpha value is -1.85. The summed E-state index contributed by atoms with van der Waals surface area (Å²) >= 11 is 0. The number of rotatable bonds is 4. The largest absolute Gasteiger partial charge is 0.370 e. The van der Waals surface area contributed by atoms with Crippen LogP contribution in [0.2, 0.25) is 0 Å². The van der Waals surface area contributed by atoms with Crippen LogP contribution in [-0.4, -0.2) is 53.6 Å². The molecule has 0 radical (unpaired) electrons. The standard InChI is InChI=1S/C18H28N6/c19-17(20-7-4-16-13-14-2-3-15(16)12-14)23-8-10-24(11-9-23)18-21-5-1-6-22-18/h1,5-6,14-16H,2-4,7-13H2,(H2,19,20). The van der Waals surface area contributed by atoms with E-state index in [0.717, 1.165) is 56.4 Å². The van der Waals surface area contributed by atoms with E-state index >= 15 is 0 Å². The molecule has 2 bridgehead atoms. The van der Waals surface area contributed by atoms with Crippen molar-refractivity contribution in [3.8, 4) is 0 Å². The van der Waals surface area contributed by atoms with Gasteiger partial charge in [-0.3, -0.25) is 4.99 Å². The molecule has 130 valence electrons. The number of guanidine groups is 1. The van der Waals surface area contributed by atoms with Crippen molar-refractivity contribution < 1.29 is 0 Å². The van der Waals surface area contributed by atoms with Crippen molar-refractivity contribution in [3.05, 3.63) is 18.5 Å². The molecule has 2 N–H and O–H groups in total. The average molecular weight is 328 g/mol. The number of piperazine rings is 1. The smallest absolute Gasteiger partial charge is 0.225 e. The lowest BCUT2D eigenvalue weighted by molar-refractivity contribution is 0.317. The second kappa shape index (κ2) is 6.95. The number of anilines is 1. The molecule has 1 aromatic heterocycles. The minimum atomic E-state index is 0.715. The topological polar surface area (TPSA) is 70.6 Å². The van der Waals surface area contributed by atoms with E-state index in [1.54, 1.807) is 12.4 Å². The van der Waals surface area contributed by atoms with E-state index in [0.29, 0.717) is 5.96 Å². The van der Waals surface area contributed by atoms with E-state index < -0.39 is 0 Å². The molecule has 6 heteroatoms. The van der Waals surface area contributed by atoms with Crippen molar-refractivity contribution in [2.45, 2.75) is 32.1 Å². The molecule has 3 fully saturated rings. The van der Waals surface area contributed by atoms with Crippen molar-refractivity contribution in [3.63, 3.8) is 0 Å². The Morgan fingerprint density at radius 2 is 1.92 bits per heavy atom. The van der Waals surface area contributed by atoms with Crippen molar-refractivity contribution >= 4 is 11.9 Å². The van der Waals surface area contributed by atoms with Gasteiger partial charge in [0.1, 0.15) is 0 Å². The Bertz CT molecular complexity index is 566. The first-order valence-corrected chi connectivity index (χ1v) is 9.36. The van der Waals surface area contributed by atoms with E-state index in [1.807, 2.05) is 6.07 Å². The first-order valence-electron chi connectivity index (χ1n) is 9.36. The van der Waals surface area contributed by atoms with Crippen LogP contribution in [0.25, 0.3) is 0 Å². The van der Waals surface area contributed by atoms with E-state index in [1.165, 1.54) is 32.1 Å². The Morgan fingerprint density at radius 1 is 1.12 bits per heavy atom. The quantitative estimate of drug-likeness (QED) is 0.673. The van der Waals surface area contributed by atoms with Crippen LogP contribution >= 0.6 is 0 Å². The van der Waals surface area contributed by atoms with Gasteiger partial charge in [-0.05, 0) is 49.5 Å². The first-order chi connectivity index (χ1) is 11.8. The highest BCUT2D eigenvalue weighted by Gasteiger charge is 2.38. The molecule has 1 aliphatic heterocycles. The summed E-state index contributed by atoms with van der Waals surface area (Å²) in [5.41, 5.74) is 6.22. The van der Waals surface area contributed by atoms with E-state index in [9.17, 15) is 0 Å². The summed E-state index contributed by atoms with van der Waals surface area (Å²) in [5, 5.41) is 0. The summed E-state index contributed by atoms with van der Waals surface area (Å²) < 4.78 is 0. The molecule has 6 nitrogen and oxygen atoms in total. The lowest BCUT2D eigenvalue weighted by atomic mass is 9.86. The van der Waals surface area contributed by atoms with Gasteiger partial charge in [-0.25, -0.2) is 9.97 Å². The average Bonchev–Trinajstić information content (AvgIpc) is 3.26. The summed E-state index contributed by atoms with van der Waals surface area (Å²) in [5.74, 6) is 4.44. The summed E-state index contributed by atoms with van der Waals surface area (Å²) in [6.07, 6.45) is 10.7. The van der Waals surface area contributed by atoms with Crippen molar-refractivity contribution in [1.82, 2.24) is 14.9 Å². The van der Waals surface area contributed by atoms with Crippen LogP contribution < -0.4 is 10.6 Å². The van der Waals surface area contributed by atoms with Crippen molar-refractivity contribution in [2.75, 3.05) is 37.6 Å². The van der Waals surface area contributed by atoms with Gasteiger partial charge in [0.2, 0.25) is 5.95 Å². The van der Waals surface area contributed by atoms with Gasteiger partial charge in [0.05, 0.1) is 0 Å². The Labute approximate surface area is 144 Å². The summed E-state index contributed by atoms with van der Waals surface area (Å²) in [7, 11) is 0. The molecule has 2 saturated carbocycles. The van der Waals surface area contributed by atoms with Gasteiger partial charge in [-0.15, -0.1) is 0 Å². The molecular weight excluding hydrogens is 300 g/mol. The molecular formula is C18H28N6. The highest BCUT2D eigenvalue weighted by Crippen LogP contribution is 2.49. The summed E-state index contributed by atoms with van der Waals surface area (Å²) in [4.78, 5) is 17.7. The first kappa shape index (κ1) is 15.7. The van der Waals surface area contributed by atoms with Crippen LogP contribution in [0, 0.1) is 17.8 Å². The number of hydrogen-bond acceptors (Lipinski definition) is 4. The number of nitrogens with zero attached hydrogens (tertiary/aromatic N) is 5. The number of nitrogens with two attached hydrogens (primary N) is 1. The highest BCUT2D eigenvalue weighted by molar-refractivity contribution is 5.78. The third kappa shape index (κ3) is 3.32. The van der Waals surface area contributed by atoms with Crippen molar-refractivity contribution in [1.29, 1.82) is 0 Å². The van der Waals surface area contributed by atoms with Gasteiger partial charge in [0.15, 0.2) is 5.96 Å². The number of aliphatic imine (C=N–C) groups is 1. The molecule has 0 aromatic carbocycles. The number of aromatic nitrogens is 2. The number of fused-ring (bicyclic) bond motifs is 2. The zero-order chi connectivity index (χ0) is 16.4. The molecule has 2 aliphatic carbocycles. The molecule has 2 heterocycles. The van der Waals surface area contributed by atoms with Gasteiger partial charge in [0.25, 0.3) is 0 Å².